The van der Waals surface area contributed by atoms with E-state index in [-0.39, 0.29) is 18.9 Å². The van der Waals surface area contributed by atoms with Gasteiger partial charge in [-0.2, -0.15) is 26.3 Å². The molecule has 0 aromatic rings. The van der Waals surface area contributed by atoms with Crippen LogP contribution in [-0.2, 0) is 33.3 Å². The molecule has 358 valence electrons. The highest BCUT2D eigenvalue weighted by molar-refractivity contribution is 6.41. The zero-order valence-corrected chi connectivity index (χ0v) is 34.8. The quantitative estimate of drug-likeness (QED) is 0.0428. The van der Waals surface area contributed by atoms with E-state index in [2.05, 4.69) is 12.2 Å². The molecule has 0 spiro atoms. The molecule has 16 nitrogen and oxygen atoms in total. The summed E-state index contributed by atoms with van der Waals surface area (Å²) in [5.41, 5.74) is 12.4. The number of nitrogens with two attached hydrogens (primary N) is 2. The molecule has 0 bridgehead atoms. The molecular weight excluding hydrogens is 832 g/mol. The maximum absolute atomic E-state index is 12.5. The zero-order valence-electron chi connectivity index (χ0n) is 34.8. The van der Waals surface area contributed by atoms with E-state index in [0.29, 0.717) is 19.3 Å². The van der Waals surface area contributed by atoms with E-state index in [4.69, 9.17) is 30.4 Å². The van der Waals surface area contributed by atoms with Gasteiger partial charge < -0.3 is 66.4 Å². The molecule has 0 aromatic heterocycles. The molecule has 3 rings (SSSR count). The lowest BCUT2D eigenvalue weighted by Gasteiger charge is -2.46. The third-order valence-corrected chi connectivity index (χ3v) is 11.1. The van der Waals surface area contributed by atoms with Gasteiger partial charge in [-0.25, -0.2) is 0 Å². The molecule has 14 atom stereocenters. The number of rotatable bonds is 22. The number of nitrogens with one attached hydrogen (secondary N) is 1. The van der Waals surface area contributed by atoms with E-state index < -0.39 is 110 Å². The third kappa shape index (κ3) is 17.8. The normalized spacial score (nSPS) is 33.4. The first-order valence-electron chi connectivity index (χ1n) is 21.3. The van der Waals surface area contributed by atoms with Crippen LogP contribution in [0.15, 0.2) is 0 Å². The van der Waals surface area contributed by atoms with Crippen LogP contribution in [0.5, 0.6) is 0 Å². The van der Waals surface area contributed by atoms with Crippen LogP contribution < -0.4 is 16.8 Å². The molecule has 1 amide bonds. The fraction of sp³-hybridized carbons (Fsp3) is 0.923. The van der Waals surface area contributed by atoms with Crippen molar-refractivity contribution in [2.24, 2.45) is 11.5 Å². The van der Waals surface area contributed by atoms with Gasteiger partial charge in [-0.15, -0.1) is 0 Å². The Morgan fingerprint density at radius 1 is 0.607 bits per heavy atom. The number of aliphatic hydroxyl groups excluding tert-OH is 6. The van der Waals surface area contributed by atoms with E-state index >= 15 is 0 Å². The molecule has 2 aliphatic heterocycles. The fourth-order valence-corrected chi connectivity index (χ4v) is 7.29. The second kappa shape index (κ2) is 26.6. The summed E-state index contributed by atoms with van der Waals surface area (Å²) in [4.78, 5) is 31.8. The van der Waals surface area contributed by atoms with Gasteiger partial charge in [0.1, 0.15) is 42.7 Å². The zero-order chi connectivity index (χ0) is 46.1. The van der Waals surface area contributed by atoms with Crippen molar-refractivity contribution in [1.82, 2.24) is 5.32 Å². The number of hydrogen-bond acceptors (Lipinski definition) is 15. The summed E-state index contributed by atoms with van der Waals surface area (Å²) in [5.74, 6) is -6.99. The van der Waals surface area contributed by atoms with E-state index in [1.54, 1.807) is 6.92 Å². The average molecular weight is 900 g/mol. The first-order valence-corrected chi connectivity index (χ1v) is 21.3. The first-order chi connectivity index (χ1) is 28.6. The molecule has 61 heavy (non-hydrogen) atoms. The van der Waals surface area contributed by atoms with Gasteiger partial charge in [0.05, 0.1) is 24.4 Å². The van der Waals surface area contributed by atoms with E-state index in [9.17, 15) is 71.4 Å². The van der Waals surface area contributed by atoms with Crippen LogP contribution in [0.4, 0.5) is 26.3 Å². The molecule has 1 saturated carbocycles. The molecule has 0 radical (unpaired) electrons. The second-order valence-corrected chi connectivity index (χ2v) is 16.0. The minimum atomic E-state index is -5.77. The van der Waals surface area contributed by atoms with E-state index in [1.807, 2.05) is 0 Å². The van der Waals surface area contributed by atoms with Gasteiger partial charge >= 0.3 is 23.9 Å². The van der Waals surface area contributed by atoms with Crippen molar-refractivity contribution >= 4 is 17.5 Å². The number of ether oxygens (including phenoxy) is 4. The van der Waals surface area contributed by atoms with Crippen molar-refractivity contribution in [2.75, 3.05) is 6.54 Å². The van der Waals surface area contributed by atoms with Crippen LogP contribution in [0.1, 0.15) is 123 Å². The number of amides is 1. The lowest BCUT2D eigenvalue weighted by atomic mass is 9.87. The highest BCUT2D eigenvalue weighted by Gasteiger charge is 2.54. The number of hydrogen-bond donors (Lipinski definition) is 9. The van der Waals surface area contributed by atoms with Crippen molar-refractivity contribution in [3.05, 3.63) is 0 Å². The minimum absolute atomic E-state index is 0.0482. The lowest BCUT2D eigenvalue weighted by molar-refractivity contribution is -0.330. The summed E-state index contributed by atoms with van der Waals surface area (Å²) in [6, 6.07) is -1.84. The molecule has 3 aliphatic rings. The van der Waals surface area contributed by atoms with Crippen LogP contribution >= 0.6 is 0 Å². The predicted molar refractivity (Wildman–Crippen MR) is 204 cm³/mol. The molecule has 7 unspecified atom stereocenters. The monoisotopic (exact) mass is 899 g/mol. The van der Waals surface area contributed by atoms with Crippen LogP contribution in [-0.4, -0.2) is 153 Å². The van der Waals surface area contributed by atoms with Crippen molar-refractivity contribution in [3.8, 4) is 0 Å². The standard InChI is InChI=1S/C35H67N3O11.C4F6O2/c1-3-5-6-7-8-9-10-11-12-13-14-15-16-17-25(39)38-20-24-27(40)26(37)30(43)34(48-24)49-33-21(36)18-19-23(29(33)42)47-35-32(45)31(44)28(41)22(4-2)46-35;5-3(6,7)1(11)2(12)4(8,9)10/h21-24,26-35,40-45H,3-20,36-37H2,1-2H3,(H,38,39);/t21-,22?,23?,24?,26+,27-,28-,29?,30?,31?,32?,33+,34-,35-;/m1./s1. The number of alkyl halides is 6. The Morgan fingerprint density at radius 2 is 1.08 bits per heavy atom. The van der Waals surface area contributed by atoms with Crippen LogP contribution in [0.2, 0.25) is 0 Å². The molecular formula is C39H67F6N3O13. The minimum Gasteiger partial charge on any atom is -0.389 e. The molecule has 0 aromatic carbocycles. The summed E-state index contributed by atoms with van der Waals surface area (Å²) in [7, 11) is 0. The van der Waals surface area contributed by atoms with E-state index in [1.165, 1.54) is 64.2 Å². The number of ketones is 2. The maximum atomic E-state index is 12.5. The van der Waals surface area contributed by atoms with Crippen molar-refractivity contribution in [1.29, 1.82) is 0 Å². The number of carbonyl (C=O) groups is 3. The number of Topliss-reactive ketones (excluding diaryl/α,β-unsaturated/α-hetero) is 2. The Bertz CT molecular complexity index is 1280. The average Bonchev–Trinajstić information content (AvgIpc) is 3.20. The van der Waals surface area contributed by atoms with Crippen LogP contribution in [0.25, 0.3) is 0 Å². The van der Waals surface area contributed by atoms with Gasteiger partial charge in [-0.05, 0) is 25.7 Å². The van der Waals surface area contributed by atoms with Gasteiger partial charge in [0, 0.05) is 19.0 Å². The Kier molecular flexibility index (Phi) is 24.0. The summed E-state index contributed by atoms with van der Waals surface area (Å²) >= 11 is 0. The van der Waals surface area contributed by atoms with Crippen LogP contribution in [0.3, 0.4) is 0 Å². The first kappa shape index (κ1) is 55.0. The van der Waals surface area contributed by atoms with Crippen LogP contribution in [0, 0.1) is 0 Å². The lowest BCUT2D eigenvalue weighted by Crippen LogP contribution is -2.66. The summed E-state index contributed by atoms with van der Waals surface area (Å²) in [5, 5.41) is 66.3. The SMILES string of the molecule is CCCCCCCCCCCCCCCC(=O)NCC1O[C@H](O[C@@H]2C(O)C(O[C@H]3OC(CC)[C@@H](O)C(O)C3O)CC[C@H]2N)C(O)[C@@H](N)[C@@H]1O.O=C(C(=O)C(F)(F)F)C(F)(F)F. The maximum Gasteiger partial charge on any atom is 0.458 e. The summed E-state index contributed by atoms with van der Waals surface area (Å²) in [6.07, 6.45) is -9.27. The van der Waals surface area contributed by atoms with Crippen molar-refractivity contribution in [3.63, 3.8) is 0 Å². The summed E-state index contributed by atoms with van der Waals surface area (Å²) < 4.78 is 90.3. The largest absolute Gasteiger partial charge is 0.458 e. The van der Waals surface area contributed by atoms with Gasteiger partial charge in [-0.1, -0.05) is 90.9 Å². The topological polar surface area (TPSA) is 274 Å². The number of unbranched alkanes of at least 4 members (excludes halogenated alkanes) is 12. The third-order valence-electron chi connectivity index (χ3n) is 11.1. The van der Waals surface area contributed by atoms with Crippen molar-refractivity contribution < 1.29 is 90.3 Å². The van der Waals surface area contributed by atoms with Gasteiger partial charge in [-0.3, -0.25) is 14.4 Å². The highest BCUT2D eigenvalue weighted by Crippen LogP contribution is 2.32. The number of aliphatic hydroxyl groups is 6. The Hall–Kier alpha value is -2.09. The fourth-order valence-electron chi connectivity index (χ4n) is 7.29. The molecule has 11 N–H and O–H groups in total. The number of carbonyl (C=O) groups excluding carboxylic acids is 3. The van der Waals surface area contributed by atoms with Gasteiger partial charge in [0.25, 0.3) is 0 Å². The van der Waals surface area contributed by atoms with E-state index in [0.717, 1.165) is 19.3 Å². The van der Waals surface area contributed by atoms with Gasteiger partial charge in [0.15, 0.2) is 12.6 Å². The molecule has 22 heteroatoms. The Balaban J connectivity index is 0.000000925. The highest BCUT2D eigenvalue weighted by atomic mass is 19.4. The summed E-state index contributed by atoms with van der Waals surface area (Å²) in [6.45, 7) is 3.94. The molecule has 2 saturated heterocycles. The number of halogens is 6. The Morgan fingerprint density at radius 3 is 1.57 bits per heavy atom. The second-order valence-electron chi connectivity index (χ2n) is 16.0. The van der Waals surface area contributed by atoms with Gasteiger partial charge in [0.2, 0.25) is 5.91 Å². The Labute approximate surface area is 352 Å². The molecule has 2 heterocycles. The molecule has 1 aliphatic carbocycles. The smallest absolute Gasteiger partial charge is 0.389 e. The van der Waals surface area contributed by atoms with Crippen molar-refractivity contribution in [2.45, 2.75) is 221 Å². The predicted octanol–water partition coefficient (Wildman–Crippen LogP) is 2.08. The molecule has 3 fully saturated rings.